The summed E-state index contributed by atoms with van der Waals surface area (Å²) >= 11 is 5.91. The summed E-state index contributed by atoms with van der Waals surface area (Å²) in [6.45, 7) is 0.999. The van der Waals surface area contributed by atoms with Crippen LogP contribution >= 0.6 is 11.6 Å². The van der Waals surface area contributed by atoms with Gasteiger partial charge in [0.1, 0.15) is 0 Å². The van der Waals surface area contributed by atoms with Gasteiger partial charge >= 0.3 is 0 Å². The summed E-state index contributed by atoms with van der Waals surface area (Å²) < 4.78 is 5.05. The van der Waals surface area contributed by atoms with Crippen molar-refractivity contribution in [1.29, 1.82) is 0 Å². The second-order valence-electron chi connectivity index (χ2n) is 3.56. The zero-order valence-corrected chi connectivity index (χ0v) is 9.44. The zero-order chi connectivity index (χ0) is 10.7. The Morgan fingerprint density at radius 3 is 3.20 bits per heavy atom. The highest BCUT2D eigenvalue weighted by Crippen LogP contribution is 2.25. The van der Waals surface area contributed by atoms with Gasteiger partial charge in [0.2, 0.25) is 5.88 Å². The standard InChI is InChI=1S/C10H14ClN3O/c1-15-10-7-12-6-9(13-10)14-4-2-3-8(14)5-11/h6-8H,2-5H2,1H3. The molecule has 2 heterocycles. The van der Waals surface area contributed by atoms with Gasteiger partial charge in [0, 0.05) is 18.5 Å². The van der Waals surface area contributed by atoms with Gasteiger partial charge in [-0.2, -0.15) is 4.98 Å². The Morgan fingerprint density at radius 1 is 1.60 bits per heavy atom. The highest BCUT2D eigenvalue weighted by atomic mass is 35.5. The summed E-state index contributed by atoms with van der Waals surface area (Å²) in [4.78, 5) is 10.6. The smallest absolute Gasteiger partial charge is 0.233 e. The lowest BCUT2D eigenvalue weighted by atomic mass is 10.2. The minimum atomic E-state index is 0.382. The number of hydrogen-bond donors (Lipinski definition) is 0. The first-order valence-electron chi connectivity index (χ1n) is 5.04. The molecular formula is C10H14ClN3O. The van der Waals surface area contributed by atoms with Gasteiger partial charge in [-0.15, -0.1) is 11.6 Å². The Hall–Kier alpha value is -1.03. The predicted molar refractivity (Wildman–Crippen MR) is 59.7 cm³/mol. The molecular weight excluding hydrogens is 214 g/mol. The number of methoxy groups -OCH3 is 1. The Balaban J connectivity index is 2.20. The van der Waals surface area contributed by atoms with E-state index in [9.17, 15) is 0 Å². The summed E-state index contributed by atoms with van der Waals surface area (Å²) in [5.74, 6) is 2.05. The quantitative estimate of drug-likeness (QED) is 0.737. The third-order valence-corrected chi connectivity index (χ3v) is 3.01. The fraction of sp³-hybridized carbons (Fsp3) is 0.600. The van der Waals surface area contributed by atoms with Crippen LogP contribution in [0.2, 0.25) is 0 Å². The van der Waals surface area contributed by atoms with Gasteiger partial charge in [-0.05, 0) is 12.8 Å². The summed E-state index contributed by atoms with van der Waals surface area (Å²) in [5.41, 5.74) is 0. The lowest BCUT2D eigenvalue weighted by Crippen LogP contribution is -2.31. The van der Waals surface area contributed by atoms with Crippen molar-refractivity contribution in [2.24, 2.45) is 0 Å². The molecule has 1 unspecified atom stereocenters. The molecule has 15 heavy (non-hydrogen) atoms. The fourth-order valence-corrected chi connectivity index (χ4v) is 2.19. The van der Waals surface area contributed by atoms with Gasteiger partial charge in [0.05, 0.1) is 19.5 Å². The highest BCUT2D eigenvalue weighted by Gasteiger charge is 2.25. The lowest BCUT2D eigenvalue weighted by Gasteiger charge is -2.23. The average Bonchev–Trinajstić information content (AvgIpc) is 2.77. The minimum Gasteiger partial charge on any atom is -0.480 e. The molecule has 1 fully saturated rings. The van der Waals surface area contributed by atoms with E-state index in [2.05, 4.69) is 14.9 Å². The summed E-state index contributed by atoms with van der Waals surface area (Å²) in [5, 5.41) is 0. The van der Waals surface area contributed by atoms with Crippen molar-refractivity contribution in [3.63, 3.8) is 0 Å². The number of halogens is 1. The maximum Gasteiger partial charge on any atom is 0.233 e. The number of alkyl halides is 1. The molecule has 1 aromatic heterocycles. The number of ether oxygens (including phenoxy) is 1. The van der Waals surface area contributed by atoms with Gasteiger partial charge in [-0.3, -0.25) is 4.98 Å². The molecule has 0 aliphatic carbocycles. The second-order valence-corrected chi connectivity index (χ2v) is 3.87. The summed E-state index contributed by atoms with van der Waals surface area (Å²) in [6.07, 6.45) is 5.65. The first kappa shape index (κ1) is 10.5. The lowest BCUT2D eigenvalue weighted by molar-refractivity contribution is 0.395. The number of hydrogen-bond acceptors (Lipinski definition) is 4. The van der Waals surface area contributed by atoms with Crippen LogP contribution in [0.3, 0.4) is 0 Å². The molecule has 1 saturated heterocycles. The van der Waals surface area contributed by atoms with Crippen LogP contribution in [-0.2, 0) is 0 Å². The largest absolute Gasteiger partial charge is 0.480 e. The van der Waals surface area contributed by atoms with Gasteiger partial charge < -0.3 is 9.64 Å². The predicted octanol–water partition coefficient (Wildman–Crippen LogP) is 1.69. The van der Waals surface area contributed by atoms with Gasteiger partial charge in [-0.1, -0.05) is 0 Å². The van der Waals surface area contributed by atoms with Crippen molar-refractivity contribution in [3.05, 3.63) is 12.4 Å². The Kier molecular flexibility index (Phi) is 3.26. The van der Waals surface area contributed by atoms with Crippen LogP contribution in [0.15, 0.2) is 12.4 Å². The van der Waals surface area contributed by atoms with E-state index in [1.165, 1.54) is 0 Å². The summed E-state index contributed by atoms with van der Waals surface area (Å²) in [6, 6.07) is 0.382. The molecule has 0 radical (unpaired) electrons. The number of anilines is 1. The van der Waals surface area contributed by atoms with E-state index in [1.807, 2.05) is 0 Å². The van der Waals surface area contributed by atoms with E-state index in [-0.39, 0.29) is 0 Å². The number of rotatable bonds is 3. The number of aromatic nitrogens is 2. The number of nitrogens with zero attached hydrogens (tertiary/aromatic N) is 3. The first-order valence-corrected chi connectivity index (χ1v) is 5.57. The van der Waals surface area contributed by atoms with E-state index in [4.69, 9.17) is 16.3 Å². The third kappa shape index (κ3) is 2.15. The highest BCUT2D eigenvalue weighted by molar-refractivity contribution is 6.18. The Bertz CT molecular complexity index is 334. The molecule has 1 aliphatic heterocycles. The molecule has 82 valence electrons. The monoisotopic (exact) mass is 227 g/mol. The molecule has 2 rings (SSSR count). The Labute approximate surface area is 94.2 Å². The van der Waals surface area contributed by atoms with Gasteiger partial charge in [-0.25, -0.2) is 0 Å². The van der Waals surface area contributed by atoms with Crippen LogP contribution in [-0.4, -0.2) is 35.5 Å². The molecule has 0 spiro atoms. The SMILES string of the molecule is COc1cncc(N2CCCC2CCl)n1. The molecule has 4 nitrogen and oxygen atoms in total. The normalized spacial score (nSPS) is 20.7. The average molecular weight is 228 g/mol. The zero-order valence-electron chi connectivity index (χ0n) is 8.69. The maximum atomic E-state index is 5.91. The molecule has 1 aromatic rings. The van der Waals surface area contributed by atoms with Crippen molar-refractivity contribution in [2.45, 2.75) is 18.9 Å². The topological polar surface area (TPSA) is 38.2 Å². The molecule has 0 bridgehead atoms. The van der Waals surface area contributed by atoms with Gasteiger partial charge in [0.25, 0.3) is 0 Å². The van der Waals surface area contributed by atoms with E-state index in [1.54, 1.807) is 19.5 Å². The van der Waals surface area contributed by atoms with Crippen molar-refractivity contribution < 1.29 is 4.74 Å². The van der Waals surface area contributed by atoms with E-state index >= 15 is 0 Å². The van der Waals surface area contributed by atoms with Gasteiger partial charge in [0.15, 0.2) is 5.82 Å². The molecule has 1 aliphatic rings. The van der Waals surface area contributed by atoms with Crippen LogP contribution in [0.25, 0.3) is 0 Å². The minimum absolute atomic E-state index is 0.382. The van der Waals surface area contributed by atoms with Crippen LogP contribution < -0.4 is 9.64 Å². The van der Waals surface area contributed by atoms with Crippen LogP contribution in [0.1, 0.15) is 12.8 Å². The van der Waals surface area contributed by atoms with Crippen LogP contribution in [0.4, 0.5) is 5.82 Å². The first-order chi connectivity index (χ1) is 7.35. The molecule has 0 saturated carbocycles. The van der Waals surface area contributed by atoms with Crippen molar-refractivity contribution in [3.8, 4) is 5.88 Å². The van der Waals surface area contributed by atoms with Crippen molar-refractivity contribution in [1.82, 2.24) is 9.97 Å². The maximum absolute atomic E-state index is 5.91. The molecule has 0 N–H and O–H groups in total. The van der Waals surface area contributed by atoms with E-state index in [0.29, 0.717) is 17.8 Å². The van der Waals surface area contributed by atoms with Crippen LogP contribution in [0.5, 0.6) is 5.88 Å². The van der Waals surface area contributed by atoms with Crippen LogP contribution in [0, 0.1) is 0 Å². The third-order valence-electron chi connectivity index (χ3n) is 2.66. The van der Waals surface area contributed by atoms with Crippen molar-refractivity contribution in [2.75, 3.05) is 24.4 Å². The van der Waals surface area contributed by atoms with E-state index in [0.717, 1.165) is 25.2 Å². The molecule has 0 amide bonds. The molecule has 1 atom stereocenters. The Morgan fingerprint density at radius 2 is 2.47 bits per heavy atom. The second kappa shape index (κ2) is 4.66. The fourth-order valence-electron chi connectivity index (χ4n) is 1.87. The molecule has 0 aromatic carbocycles. The summed E-state index contributed by atoms with van der Waals surface area (Å²) in [7, 11) is 1.59. The van der Waals surface area contributed by atoms with Crippen molar-refractivity contribution >= 4 is 17.4 Å². The molecule has 5 heteroatoms. The van der Waals surface area contributed by atoms with E-state index < -0.39 is 0 Å².